The zero-order chi connectivity index (χ0) is 29.5. The number of sulfone groups is 1. The third kappa shape index (κ3) is 6.22. The fourth-order valence-corrected chi connectivity index (χ4v) is 7.45. The maximum Gasteiger partial charge on any atom is 0.228 e. The second-order valence-corrected chi connectivity index (χ2v) is 13.6. The molecule has 2 aliphatic rings. The molecular formula is C31H33F2N5O3S. The van der Waals surface area contributed by atoms with E-state index in [-0.39, 0.29) is 30.3 Å². The van der Waals surface area contributed by atoms with Gasteiger partial charge in [0.25, 0.3) is 0 Å². The van der Waals surface area contributed by atoms with Gasteiger partial charge in [-0.15, -0.1) is 0 Å². The van der Waals surface area contributed by atoms with Crippen molar-refractivity contribution in [2.45, 2.75) is 50.6 Å². The number of halogens is 2. The Balaban J connectivity index is 1.32. The molecule has 1 aliphatic heterocycles. The molecular weight excluding hydrogens is 560 g/mol. The number of anilines is 1. The number of ether oxygens (including phenoxy) is 1. The van der Waals surface area contributed by atoms with E-state index in [0.29, 0.717) is 39.6 Å². The van der Waals surface area contributed by atoms with Crippen LogP contribution in [0, 0.1) is 18.7 Å². The molecule has 3 heterocycles. The highest BCUT2D eigenvalue weighted by atomic mass is 32.2. The van der Waals surface area contributed by atoms with E-state index >= 15 is 4.39 Å². The number of hydrogen-bond donors (Lipinski definition) is 2. The number of aromatic nitrogens is 3. The third-order valence-corrected chi connectivity index (χ3v) is 9.53. The highest BCUT2D eigenvalue weighted by Crippen LogP contribution is 2.42. The number of benzene rings is 2. The number of rotatable bonds is 9. The van der Waals surface area contributed by atoms with Crippen LogP contribution in [0.5, 0.6) is 11.6 Å². The fraction of sp³-hybridized carbons (Fsp3) is 0.387. The van der Waals surface area contributed by atoms with Crippen molar-refractivity contribution < 1.29 is 21.9 Å². The van der Waals surface area contributed by atoms with Crippen molar-refractivity contribution in [3.05, 3.63) is 71.8 Å². The lowest BCUT2D eigenvalue weighted by Gasteiger charge is -2.28. The first-order valence-electron chi connectivity index (χ1n) is 14.1. The third-order valence-electron chi connectivity index (χ3n) is 7.84. The standard InChI is InChI=1S/C31H33F2N5O3S/c1-19-14-21(16-34-15-19)37-30-36-13-9-27(38-30)24-4-3-12-35-29(24)41-28-20(2)5-6-22-23(28)7-8-26(32)25(22)17-42(39,40)18-31(33)10-11-31/h3-9,12-13,19,21,34H,10-11,14-18H2,1-2H3,(H,36,37,38)/t19-,21+/m1/s1. The van der Waals surface area contributed by atoms with E-state index in [1.165, 1.54) is 6.07 Å². The van der Waals surface area contributed by atoms with E-state index in [0.717, 1.165) is 25.1 Å². The monoisotopic (exact) mass is 593 g/mol. The predicted molar refractivity (Wildman–Crippen MR) is 159 cm³/mol. The summed E-state index contributed by atoms with van der Waals surface area (Å²) >= 11 is 0. The molecule has 2 N–H and O–H groups in total. The smallest absolute Gasteiger partial charge is 0.228 e. The average Bonchev–Trinajstić information content (AvgIpc) is 3.67. The molecule has 220 valence electrons. The molecule has 0 amide bonds. The van der Waals surface area contributed by atoms with Crippen molar-refractivity contribution in [2.24, 2.45) is 5.92 Å². The van der Waals surface area contributed by atoms with Crippen LogP contribution < -0.4 is 15.4 Å². The molecule has 2 aromatic carbocycles. The lowest BCUT2D eigenvalue weighted by Crippen LogP contribution is -2.42. The molecule has 0 bridgehead atoms. The summed E-state index contributed by atoms with van der Waals surface area (Å²) in [5.41, 5.74) is 0.313. The number of nitrogens with one attached hydrogen (secondary N) is 2. The number of piperidine rings is 1. The Kier molecular flexibility index (Phi) is 7.57. The Labute approximate surface area is 243 Å². The molecule has 2 fully saturated rings. The number of alkyl halides is 1. The quantitative estimate of drug-likeness (QED) is 0.252. The maximum absolute atomic E-state index is 15.0. The van der Waals surface area contributed by atoms with Gasteiger partial charge in [-0.2, -0.15) is 0 Å². The van der Waals surface area contributed by atoms with Gasteiger partial charge in [-0.25, -0.2) is 32.2 Å². The number of aryl methyl sites for hydroxylation is 1. The van der Waals surface area contributed by atoms with Gasteiger partial charge < -0.3 is 15.4 Å². The molecule has 8 nitrogen and oxygen atoms in total. The molecule has 1 saturated carbocycles. The van der Waals surface area contributed by atoms with Crippen LogP contribution in [0.4, 0.5) is 14.7 Å². The van der Waals surface area contributed by atoms with Gasteiger partial charge in [-0.1, -0.05) is 19.1 Å². The van der Waals surface area contributed by atoms with Crippen LogP contribution >= 0.6 is 0 Å². The largest absolute Gasteiger partial charge is 0.437 e. The normalized spacial score (nSPS) is 19.9. The number of fused-ring (bicyclic) bond motifs is 1. The minimum absolute atomic E-state index is 0.000816. The Morgan fingerprint density at radius 3 is 2.67 bits per heavy atom. The topological polar surface area (TPSA) is 106 Å². The highest BCUT2D eigenvalue weighted by Gasteiger charge is 2.47. The Hall–Kier alpha value is -3.70. The fourth-order valence-electron chi connectivity index (χ4n) is 5.54. The first-order chi connectivity index (χ1) is 20.1. The summed E-state index contributed by atoms with van der Waals surface area (Å²) in [5.74, 6) is -0.0880. The Bertz CT molecular complexity index is 1750. The van der Waals surface area contributed by atoms with Crippen LogP contribution in [-0.2, 0) is 15.6 Å². The van der Waals surface area contributed by atoms with Crippen LogP contribution in [0.3, 0.4) is 0 Å². The molecule has 4 aromatic rings. The molecule has 2 aromatic heterocycles. The molecule has 1 aliphatic carbocycles. The van der Waals surface area contributed by atoms with Crippen LogP contribution in [-0.4, -0.2) is 53.9 Å². The van der Waals surface area contributed by atoms with Crippen molar-refractivity contribution in [3.63, 3.8) is 0 Å². The van der Waals surface area contributed by atoms with Crippen molar-refractivity contribution >= 4 is 26.6 Å². The molecule has 1 saturated heterocycles. The van der Waals surface area contributed by atoms with Gasteiger partial charge in [-0.3, -0.25) is 0 Å². The minimum atomic E-state index is -3.88. The molecule has 0 unspecified atom stereocenters. The van der Waals surface area contributed by atoms with Crippen LogP contribution in [0.1, 0.15) is 37.3 Å². The summed E-state index contributed by atoms with van der Waals surface area (Å²) in [5, 5.41) is 7.76. The first-order valence-corrected chi connectivity index (χ1v) is 15.9. The molecule has 2 atom stereocenters. The zero-order valence-electron chi connectivity index (χ0n) is 23.5. The van der Waals surface area contributed by atoms with E-state index in [2.05, 4.69) is 27.5 Å². The molecule has 0 radical (unpaired) electrons. The van der Waals surface area contributed by atoms with E-state index in [1.54, 1.807) is 42.7 Å². The predicted octanol–water partition coefficient (Wildman–Crippen LogP) is 5.76. The average molecular weight is 594 g/mol. The Morgan fingerprint density at radius 2 is 1.88 bits per heavy atom. The second kappa shape index (κ2) is 11.2. The number of nitrogens with zero attached hydrogens (tertiary/aromatic N) is 3. The summed E-state index contributed by atoms with van der Waals surface area (Å²) in [6.07, 6.45) is 4.74. The molecule has 42 heavy (non-hydrogen) atoms. The van der Waals surface area contributed by atoms with Crippen molar-refractivity contribution in [3.8, 4) is 22.9 Å². The van der Waals surface area contributed by atoms with Crippen molar-refractivity contribution in [2.75, 3.05) is 24.2 Å². The minimum Gasteiger partial charge on any atom is -0.437 e. The van der Waals surface area contributed by atoms with E-state index < -0.39 is 32.8 Å². The van der Waals surface area contributed by atoms with Gasteiger partial charge in [0.2, 0.25) is 11.8 Å². The summed E-state index contributed by atoms with van der Waals surface area (Å²) in [4.78, 5) is 13.6. The summed E-state index contributed by atoms with van der Waals surface area (Å²) < 4.78 is 61.3. The summed E-state index contributed by atoms with van der Waals surface area (Å²) in [6.45, 7) is 5.88. The molecule has 6 rings (SSSR count). The lowest BCUT2D eigenvalue weighted by atomic mass is 9.98. The number of hydrogen-bond acceptors (Lipinski definition) is 8. The van der Waals surface area contributed by atoms with Crippen LogP contribution in [0.15, 0.2) is 54.9 Å². The van der Waals surface area contributed by atoms with Gasteiger partial charge in [0.1, 0.15) is 17.2 Å². The van der Waals surface area contributed by atoms with E-state index in [1.807, 2.05) is 13.0 Å². The van der Waals surface area contributed by atoms with Gasteiger partial charge in [-0.05, 0) is 79.9 Å². The number of pyridine rings is 1. The Morgan fingerprint density at radius 1 is 1.07 bits per heavy atom. The molecule has 11 heteroatoms. The molecule has 0 spiro atoms. The van der Waals surface area contributed by atoms with E-state index in [9.17, 15) is 12.8 Å². The van der Waals surface area contributed by atoms with Crippen LogP contribution in [0.2, 0.25) is 0 Å². The van der Waals surface area contributed by atoms with Crippen molar-refractivity contribution in [1.29, 1.82) is 0 Å². The zero-order valence-corrected chi connectivity index (χ0v) is 24.3. The van der Waals surface area contributed by atoms with Gasteiger partial charge >= 0.3 is 0 Å². The lowest BCUT2D eigenvalue weighted by molar-refractivity contribution is 0.340. The summed E-state index contributed by atoms with van der Waals surface area (Å²) in [6, 6.07) is 11.8. The van der Waals surface area contributed by atoms with Gasteiger partial charge in [0, 0.05) is 35.9 Å². The highest BCUT2D eigenvalue weighted by molar-refractivity contribution is 7.90. The second-order valence-electron chi connectivity index (χ2n) is 11.6. The van der Waals surface area contributed by atoms with Crippen LogP contribution in [0.25, 0.3) is 22.0 Å². The summed E-state index contributed by atoms with van der Waals surface area (Å²) in [7, 11) is -3.88. The first kappa shape index (κ1) is 28.4. The maximum atomic E-state index is 15.0. The van der Waals surface area contributed by atoms with Gasteiger partial charge in [0.15, 0.2) is 9.84 Å². The SMILES string of the molecule is Cc1ccc2c(CS(=O)(=O)CC3(F)CC3)c(F)ccc2c1Oc1ncccc1-c1ccnc(N[C@@H]2CNC[C@H](C)C2)n1. The van der Waals surface area contributed by atoms with Crippen molar-refractivity contribution in [1.82, 2.24) is 20.3 Å². The van der Waals surface area contributed by atoms with Gasteiger partial charge in [0.05, 0.1) is 22.8 Å². The van der Waals surface area contributed by atoms with E-state index in [4.69, 9.17) is 9.72 Å².